The number of aromatic amines is 1. The summed E-state index contributed by atoms with van der Waals surface area (Å²) in [5.41, 5.74) is 7.84. The van der Waals surface area contributed by atoms with Gasteiger partial charge in [0.15, 0.2) is 0 Å². The van der Waals surface area contributed by atoms with E-state index < -0.39 is 47.9 Å². The van der Waals surface area contributed by atoms with Gasteiger partial charge >= 0.3 is 5.97 Å². The fourth-order valence-corrected chi connectivity index (χ4v) is 3.47. The van der Waals surface area contributed by atoms with Gasteiger partial charge in [-0.15, -0.1) is 0 Å². The topological polar surface area (TPSA) is 166 Å². The number of amides is 3. The number of benzene rings is 1. The van der Waals surface area contributed by atoms with Crippen LogP contribution in [0.5, 0.6) is 0 Å². The lowest BCUT2D eigenvalue weighted by Gasteiger charge is -2.22. The van der Waals surface area contributed by atoms with Crippen molar-refractivity contribution < 1.29 is 24.3 Å². The minimum Gasteiger partial charge on any atom is -0.480 e. The summed E-state index contributed by atoms with van der Waals surface area (Å²) in [6, 6.07) is 3.46. The zero-order valence-corrected chi connectivity index (χ0v) is 19.2. The number of carbonyl (C=O) groups excluding carboxylic acids is 3. The average molecular weight is 482 g/mol. The van der Waals surface area contributed by atoms with Crippen LogP contribution in [0.15, 0.2) is 30.5 Å². The number of fused-ring (bicyclic) bond motifs is 1. The van der Waals surface area contributed by atoms with Crippen molar-refractivity contribution in [2.75, 3.05) is 11.5 Å². The highest BCUT2D eigenvalue weighted by Crippen LogP contribution is 2.18. The highest BCUT2D eigenvalue weighted by molar-refractivity contribution is 7.80. The van der Waals surface area contributed by atoms with Crippen molar-refractivity contribution in [3.05, 3.63) is 36.0 Å². The molecule has 0 aliphatic heterocycles. The smallest absolute Gasteiger partial charge is 0.327 e. The number of nitrogens with one attached hydrogen (secondary N) is 4. The molecular formula is C20H27N5O5S2. The third-order valence-electron chi connectivity index (χ3n) is 4.82. The maximum Gasteiger partial charge on any atom is 0.327 e. The molecule has 7 N–H and O–H groups in total. The Morgan fingerprint density at radius 1 is 1.00 bits per heavy atom. The van der Waals surface area contributed by atoms with Gasteiger partial charge < -0.3 is 31.8 Å². The van der Waals surface area contributed by atoms with E-state index in [1.54, 1.807) is 6.20 Å². The molecular weight excluding hydrogens is 454 g/mol. The molecule has 0 saturated heterocycles. The highest BCUT2D eigenvalue weighted by Gasteiger charge is 2.27. The van der Waals surface area contributed by atoms with E-state index in [1.807, 2.05) is 24.3 Å². The first kappa shape index (κ1) is 25.6. The van der Waals surface area contributed by atoms with Gasteiger partial charge in [0.25, 0.3) is 0 Å². The largest absolute Gasteiger partial charge is 0.480 e. The molecule has 2 aromatic rings. The van der Waals surface area contributed by atoms with Crippen molar-refractivity contribution in [2.45, 2.75) is 37.5 Å². The van der Waals surface area contributed by atoms with Gasteiger partial charge in [-0.05, 0) is 25.0 Å². The molecule has 4 atom stereocenters. The predicted molar refractivity (Wildman–Crippen MR) is 127 cm³/mol. The van der Waals surface area contributed by atoms with E-state index in [2.05, 4.69) is 46.2 Å². The summed E-state index contributed by atoms with van der Waals surface area (Å²) in [6.07, 6.45) is 2.06. The summed E-state index contributed by atoms with van der Waals surface area (Å²) in [5.74, 6) is -3.31. The van der Waals surface area contributed by atoms with E-state index in [1.165, 1.54) is 6.92 Å². The summed E-state index contributed by atoms with van der Waals surface area (Å²) in [6.45, 7) is 1.45. The number of carboxylic acid groups (broad SMARTS) is 1. The Morgan fingerprint density at radius 3 is 2.25 bits per heavy atom. The van der Waals surface area contributed by atoms with Gasteiger partial charge in [0.1, 0.15) is 18.1 Å². The molecule has 12 heteroatoms. The Balaban J connectivity index is 1.91. The lowest BCUT2D eigenvalue weighted by Crippen LogP contribution is -2.57. The molecule has 1 heterocycles. The van der Waals surface area contributed by atoms with Crippen molar-refractivity contribution in [2.24, 2.45) is 5.73 Å². The van der Waals surface area contributed by atoms with E-state index in [4.69, 9.17) is 10.8 Å². The van der Waals surface area contributed by atoms with Crippen LogP contribution in [-0.4, -0.2) is 69.5 Å². The molecule has 32 heavy (non-hydrogen) atoms. The maximum absolute atomic E-state index is 12.5. The zero-order valence-electron chi connectivity index (χ0n) is 17.4. The first-order chi connectivity index (χ1) is 15.2. The fraction of sp³-hybridized carbons (Fsp3) is 0.400. The zero-order chi connectivity index (χ0) is 23.8. The Hall–Kier alpha value is -2.70. The number of nitrogens with two attached hydrogens (primary N) is 1. The molecule has 2 rings (SSSR count). The van der Waals surface area contributed by atoms with Crippen LogP contribution in [0.1, 0.15) is 12.5 Å². The number of thiol groups is 2. The van der Waals surface area contributed by atoms with E-state index in [0.29, 0.717) is 0 Å². The van der Waals surface area contributed by atoms with Gasteiger partial charge in [-0.3, -0.25) is 14.4 Å². The number of rotatable bonds is 11. The molecule has 0 fully saturated rings. The fourth-order valence-electron chi connectivity index (χ4n) is 2.96. The Morgan fingerprint density at radius 2 is 1.62 bits per heavy atom. The highest BCUT2D eigenvalue weighted by atomic mass is 32.1. The molecule has 1 aromatic heterocycles. The van der Waals surface area contributed by atoms with Crippen molar-refractivity contribution in [1.29, 1.82) is 0 Å². The lowest BCUT2D eigenvalue weighted by molar-refractivity contribution is -0.141. The van der Waals surface area contributed by atoms with Gasteiger partial charge in [-0.25, -0.2) is 4.79 Å². The van der Waals surface area contributed by atoms with Crippen LogP contribution in [-0.2, 0) is 25.6 Å². The van der Waals surface area contributed by atoms with Crippen molar-refractivity contribution in [3.63, 3.8) is 0 Å². The number of para-hydroxylation sites is 1. The second kappa shape index (κ2) is 11.8. The molecule has 0 aliphatic carbocycles. The number of carbonyl (C=O) groups is 4. The summed E-state index contributed by atoms with van der Waals surface area (Å²) in [7, 11) is 0. The van der Waals surface area contributed by atoms with Crippen LogP contribution >= 0.6 is 25.3 Å². The van der Waals surface area contributed by atoms with Crippen LogP contribution in [0.4, 0.5) is 0 Å². The first-order valence-electron chi connectivity index (χ1n) is 9.84. The number of hydrogen-bond acceptors (Lipinski definition) is 7. The molecule has 1 aromatic carbocycles. The number of carboxylic acids is 1. The van der Waals surface area contributed by atoms with Crippen LogP contribution in [0.2, 0.25) is 0 Å². The molecule has 0 spiro atoms. The minimum absolute atomic E-state index is 0.0722. The molecule has 3 amide bonds. The van der Waals surface area contributed by atoms with E-state index in [0.717, 1.165) is 16.5 Å². The summed E-state index contributed by atoms with van der Waals surface area (Å²) in [5, 5.41) is 17.2. The van der Waals surface area contributed by atoms with Gasteiger partial charge in [-0.2, -0.15) is 25.3 Å². The van der Waals surface area contributed by atoms with Gasteiger partial charge in [0, 0.05) is 28.6 Å². The average Bonchev–Trinajstić information content (AvgIpc) is 3.17. The number of hydrogen-bond donors (Lipinski definition) is 8. The lowest BCUT2D eigenvalue weighted by atomic mass is 10.0. The van der Waals surface area contributed by atoms with E-state index in [-0.39, 0.29) is 17.9 Å². The number of aliphatic carboxylic acids is 1. The second-order valence-electron chi connectivity index (χ2n) is 7.23. The standard InChI is InChI=1S/C20H27N5O5S2/c1-10(17(26)24-15(8-31)19(28)25-16(9-32)20(29)30)23-18(27)13(21)6-11-7-22-14-5-3-2-4-12(11)14/h2-5,7,10,13,15-16,22,31-32H,6,8-9,21H2,1H3,(H,23,27)(H,24,26)(H,25,28)(H,29,30). The van der Waals surface area contributed by atoms with Gasteiger partial charge in [0.2, 0.25) is 17.7 Å². The Kier molecular flexibility index (Phi) is 9.42. The summed E-state index contributed by atoms with van der Waals surface area (Å²) >= 11 is 7.90. The monoisotopic (exact) mass is 481 g/mol. The number of H-pyrrole nitrogens is 1. The third kappa shape index (κ3) is 6.65. The Labute approximate surface area is 195 Å². The van der Waals surface area contributed by atoms with Crippen LogP contribution in [0, 0.1) is 0 Å². The molecule has 4 unspecified atom stereocenters. The molecule has 0 saturated carbocycles. The minimum atomic E-state index is -1.25. The molecule has 0 bridgehead atoms. The van der Waals surface area contributed by atoms with Gasteiger partial charge in [0.05, 0.1) is 6.04 Å². The Bertz CT molecular complexity index is 982. The maximum atomic E-state index is 12.5. The summed E-state index contributed by atoms with van der Waals surface area (Å²) in [4.78, 5) is 51.3. The quantitative estimate of drug-likeness (QED) is 0.201. The second-order valence-corrected chi connectivity index (χ2v) is 7.96. The number of aromatic nitrogens is 1. The molecule has 0 aliphatic rings. The van der Waals surface area contributed by atoms with Crippen LogP contribution in [0.25, 0.3) is 10.9 Å². The summed E-state index contributed by atoms with van der Waals surface area (Å²) < 4.78 is 0. The van der Waals surface area contributed by atoms with Crippen LogP contribution in [0.3, 0.4) is 0 Å². The van der Waals surface area contributed by atoms with Crippen molar-refractivity contribution in [3.8, 4) is 0 Å². The third-order valence-corrected chi connectivity index (χ3v) is 5.55. The van der Waals surface area contributed by atoms with E-state index >= 15 is 0 Å². The normalized spacial score (nSPS) is 14.8. The SMILES string of the molecule is CC(NC(=O)C(N)Cc1c[nH]c2ccccc12)C(=O)NC(CS)C(=O)NC(CS)C(=O)O. The van der Waals surface area contributed by atoms with Crippen molar-refractivity contribution >= 4 is 59.9 Å². The van der Waals surface area contributed by atoms with Crippen LogP contribution < -0.4 is 21.7 Å². The molecule has 0 radical (unpaired) electrons. The molecule has 10 nitrogen and oxygen atoms in total. The predicted octanol–water partition coefficient (Wildman–Crippen LogP) is -0.544. The van der Waals surface area contributed by atoms with Crippen molar-refractivity contribution in [1.82, 2.24) is 20.9 Å². The first-order valence-corrected chi connectivity index (χ1v) is 11.1. The van der Waals surface area contributed by atoms with E-state index in [9.17, 15) is 19.2 Å². The molecule has 174 valence electrons. The van der Waals surface area contributed by atoms with Gasteiger partial charge in [-0.1, -0.05) is 18.2 Å².